The van der Waals surface area contributed by atoms with Gasteiger partial charge in [-0.15, -0.1) is 0 Å². The van der Waals surface area contributed by atoms with Crippen LogP contribution in [0.15, 0.2) is 12.4 Å². The van der Waals surface area contributed by atoms with Crippen molar-refractivity contribution in [2.24, 2.45) is 13.0 Å². The maximum absolute atomic E-state index is 5.41. The summed E-state index contributed by atoms with van der Waals surface area (Å²) in [6, 6.07) is 0. The van der Waals surface area contributed by atoms with Gasteiger partial charge in [-0.3, -0.25) is 4.68 Å². The lowest BCUT2D eigenvalue weighted by Gasteiger charge is -2.15. The Balaban J connectivity index is 0.000000921. The highest BCUT2D eigenvalue weighted by atomic mass is 16.5. The molecule has 0 radical (unpaired) electrons. The fraction of sp³-hybridized carbons (Fsp3) is 0.750. The zero-order chi connectivity index (χ0) is 11.8. The van der Waals surface area contributed by atoms with Gasteiger partial charge < -0.3 is 4.74 Å². The van der Waals surface area contributed by atoms with Crippen molar-refractivity contribution in [3.05, 3.63) is 18.0 Å². The molecule has 0 aliphatic heterocycles. The van der Waals surface area contributed by atoms with Gasteiger partial charge in [-0.25, -0.2) is 0 Å². The summed E-state index contributed by atoms with van der Waals surface area (Å²) in [6.45, 7) is 8.39. The molecule has 15 heavy (non-hydrogen) atoms. The number of aromatic nitrogens is 2. The second-order valence-electron chi connectivity index (χ2n) is 3.80. The summed E-state index contributed by atoms with van der Waals surface area (Å²) in [7, 11) is 3.67. The molecule has 0 aliphatic rings. The third-order valence-electron chi connectivity index (χ3n) is 2.07. The molecule has 1 unspecified atom stereocenters. The van der Waals surface area contributed by atoms with E-state index in [1.54, 1.807) is 7.11 Å². The molecule has 0 aliphatic carbocycles. The predicted molar refractivity (Wildman–Crippen MR) is 63.8 cm³/mol. The standard InChI is InChI=1S/C10H18N2O.C2H6/c1-8(2)5-10(13-4)9-6-11-12(3)7-9;1-2/h6-8,10H,5H2,1-4H3;1-2H3. The van der Waals surface area contributed by atoms with Gasteiger partial charge in [0.05, 0.1) is 12.3 Å². The fourth-order valence-corrected chi connectivity index (χ4v) is 1.40. The molecule has 3 heteroatoms. The van der Waals surface area contributed by atoms with Crippen molar-refractivity contribution in [3.63, 3.8) is 0 Å². The van der Waals surface area contributed by atoms with Gasteiger partial charge in [0.1, 0.15) is 0 Å². The average molecular weight is 212 g/mol. The van der Waals surface area contributed by atoms with Gasteiger partial charge in [0.25, 0.3) is 0 Å². The molecule has 0 saturated carbocycles. The molecule has 1 aromatic rings. The van der Waals surface area contributed by atoms with E-state index in [0.717, 1.165) is 6.42 Å². The van der Waals surface area contributed by atoms with E-state index in [0.29, 0.717) is 5.92 Å². The SMILES string of the molecule is CC.COC(CC(C)C)c1cnn(C)c1. The van der Waals surface area contributed by atoms with Crippen molar-refractivity contribution >= 4 is 0 Å². The zero-order valence-electron chi connectivity index (χ0n) is 10.8. The van der Waals surface area contributed by atoms with E-state index in [2.05, 4.69) is 18.9 Å². The molecule has 1 aromatic heterocycles. The molecule has 1 atom stereocenters. The Morgan fingerprint density at radius 1 is 1.40 bits per heavy atom. The van der Waals surface area contributed by atoms with Gasteiger partial charge in [0, 0.05) is 25.9 Å². The maximum atomic E-state index is 5.41. The Bertz CT molecular complexity index is 256. The van der Waals surface area contributed by atoms with Crippen molar-refractivity contribution < 1.29 is 4.74 Å². The molecule has 88 valence electrons. The van der Waals surface area contributed by atoms with Crippen molar-refractivity contribution in [2.75, 3.05) is 7.11 Å². The van der Waals surface area contributed by atoms with Crippen LogP contribution in [0.3, 0.4) is 0 Å². The van der Waals surface area contributed by atoms with Crippen LogP contribution in [-0.4, -0.2) is 16.9 Å². The molecular weight excluding hydrogens is 188 g/mol. The van der Waals surface area contributed by atoms with Gasteiger partial charge in [-0.1, -0.05) is 27.7 Å². The highest BCUT2D eigenvalue weighted by Crippen LogP contribution is 2.23. The number of nitrogens with zero attached hydrogens (tertiary/aromatic N) is 2. The van der Waals surface area contributed by atoms with E-state index in [1.807, 2.05) is 38.0 Å². The molecule has 0 N–H and O–H groups in total. The Hall–Kier alpha value is -0.830. The molecule has 0 fully saturated rings. The van der Waals surface area contributed by atoms with E-state index >= 15 is 0 Å². The first-order valence-electron chi connectivity index (χ1n) is 5.64. The minimum atomic E-state index is 0.189. The van der Waals surface area contributed by atoms with Crippen LogP contribution < -0.4 is 0 Å². The summed E-state index contributed by atoms with van der Waals surface area (Å²) in [5.74, 6) is 0.644. The van der Waals surface area contributed by atoms with Crippen molar-refractivity contribution in [1.82, 2.24) is 9.78 Å². The van der Waals surface area contributed by atoms with Crippen LogP contribution in [0.2, 0.25) is 0 Å². The highest BCUT2D eigenvalue weighted by Gasteiger charge is 2.13. The average Bonchev–Trinajstić information content (AvgIpc) is 2.64. The quantitative estimate of drug-likeness (QED) is 0.766. The van der Waals surface area contributed by atoms with Gasteiger partial charge in [0.2, 0.25) is 0 Å². The van der Waals surface area contributed by atoms with Crippen LogP contribution in [0.4, 0.5) is 0 Å². The molecule has 1 rings (SSSR count). The number of aryl methyl sites for hydroxylation is 1. The summed E-state index contributed by atoms with van der Waals surface area (Å²) in [4.78, 5) is 0. The second kappa shape index (κ2) is 7.46. The van der Waals surface area contributed by atoms with Crippen molar-refractivity contribution in [2.45, 2.75) is 40.2 Å². The summed E-state index contributed by atoms with van der Waals surface area (Å²) >= 11 is 0. The van der Waals surface area contributed by atoms with Crippen molar-refractivity contribution in [3.8, 4) is 0 Å². The first kappa shape index (κ1) is 14.2. The van der Waals surface area contributed by atoms with Crippen LogP contribution in [0.25, 0.3) is 0 Å². The highest BCUT2D eigenvalue weighted by molar-refractivity contribution is 5.08. The zero-order valence-corrected chi connectivity index (χ0v) is 10.8. The second-order valence-corrected chi connectivity index (χ2v) is 3.80. The van der Waals surface area contributed by atoms with E-state index < -0.39 is 0 Å². The smallest absolute Gasteiger partial charge is 0.0854 e. The lowest BCUT2D eigenvalue weighted by molar-refractivity contribution is 0.0845. The Kier molecular flexibility index (Phi) is 7.05. The van der Waals surface area contributed by atoms with Crippen molar-refractivity contribution in [1.29, 1.82) is 0 Å². The maximum Gasteiger partial charge on any atom is 0.0854 e. The van der Waals surface area contributed by atoms with Gasteiger partial charge in [-0.2, -0.15) is 5.10 Å². The molecule has 0 amide bonds. The van der Waals surface area contributed by atoms with E-state index in [1.165, 1.54) is 5.56 Å². The topological polar surface area (TPSA) is 27.1 Å². The third-order valence-corrected chi connectivity index (χ3v) is 2.07. The number of hydrogen-bond donors (Lipinski definition) is 0. The van der Waals surface area contributed by atoms with Crippen LogP contribution in [0.5, 0.6) is 0 Å². The number of rotatable bonds is 4. The largest absolute Gasteiger partial charge is 0.377 e. The molecule has 3 nitrogen and oxygen atoms in total. The summed E-state index contributed by atoms with van der Waals surface area (Å²) in [5, 5.41) is 4.13. The number of ether oxygens (including phenoxy) is 1. The van der Waals surface area contributed by atoms with Crippen LogP contribution in [0.1, 0.15) is 45.8 Å². The normalized spacial score (nSPS) is 12.2. The lowest BCUT2D eigenvalue weighted by atomic mass is 10.0. The minimum Gasteiger partial charge on any atom is -0.377 e. The van der Waals surface area contributed by atoms with E-state index in [4.69, 9.17) is 4.74 Å². The molecular formula is C12H24N2O. The summed E-state index contributed by atoms with van der Waals surface area (Å²) in [5.41, 5.74) is 1.17. The molecule has 0 aromatic carbocycles. The minimum absolute atomic E-state index is 0.189. The molecule has 0 bridgehead atoms. The number of methoxy groups -OCH3 is 1. The monoisotopic (exact) mass is 212 g/mol. The van der Waals surface area contributed by atoms with E-state index in [9.17, 15) is 0 Å². The number of hydrogen-bond acceptors (Lipinski definition) is 2. The summed E-state index contributed by atoms with van der Waals surface area (Å²) in [6.07, 6.45) is 5.11. The Labute approximate surface area is 93.4 Å². The summed E-state index contributed by atoms with van der Waals surface area (Å²) < 4.78 is 7.21. The van der Waals surface area contributed by atoms with E-state index in [-0.39, 0.29) is 6.10 Å². The first-order chi connectivity index (χ1) is 7.13. The van der Waals surface area contributed by atoms with Gasteiger partial charge in [0.15, 0.2) is 0 Å². The van der Waals surface area contributed by atoms with Gasteiger partial charge >= 0.3 is 0 Å². The molecule has 1 heterocycles. The predicted octanol–water partition coefficient (Wildman–Crippen LogP) is 3.18. The van der Waals surface area contributed by atoms with Gasteiger partial charge in [-0.05, 0) is 12.3 Å². The Morgan fingerprint density at radius 3 is 2.33 bits per heavy atom. The molecule has 0 spiro atoms. The van der Waals surface area contributed by atoms with Crippen LogP contribution in [0, 0.1) is 5.92 Å². The molecule has 0 saturated heterocycles. The first-order valence-corrected chi connectivity index (χ1v) is 5.64. The van der Waals surface area contributed by atoms with Crippen LogP contribution in [-0.2, 0) is 11.8 Å². The Morgan fingerprint density at radius 2 is 2.00 bits per heavy atom. The fourth-order valence-electron chi connectivity index (χ4n) is 1.40. The van der Waals surface area contributed by atoms with Crippen LogP contribution >= 0.6 is 0 Å². The lowest BCUT2D eigenvalue weighted by Crippen LogP contribution is -2.04. The third kappa shape index (κ3) is 4.98.